The van der Waals surface area contributed by atoms with Crippen molar-refractivity contribution in [3.05, 3.63) is 70.8 Å². The van der Waals surface area contributed by atoms with Crippen molar-refractivity contribution in [1.82, 2.24) is 0 Å². The Hall–Kier alpha value is -1.56. The number of aryl methyl sites for hydroxylation is 3. The molecule has 2 aromatic rings. The molecule has 4 rings (SSSR count). The third kappa shape index (κ3) is 3.56. The largest absolute Gasteiger partial charge is 0.0620 e. The van der Waals surface area contributed by atoms with Crippen LogP contribution in [-0.2, 0) is 19.3 Å². The minimum absolute atomic E-state index is 0.792. The van der Waals surface area contributed by atoms with E-state index >= 15 is 0 Å². The third-order valence-corrected chi connectivity index (χ3v) is 4.93. The number of hydrogen-bond donors (Lipinski definition) is 0. The van der Waals surface area contributed by atoms with Crippen LogP contribution in [0.15, 0.2) is 48.5 Å². The first-order valence-electron chi connectivity index (χ1n) is 8.49. The van der Waals surface area contributed by atoms with Crippen LogP contribution < -0.4 is 0 Å². The van der Waals surface area contributed by atoms with Crippen molar-refractivity contribution in [1.29, 1.82) is 0 Å². The molecule has 2 aliphatic rings. The summed E-state index contributed by atoms with van der Waals surface area (Å²) in [6.45, 7) is 2.33. The molecule has 0 spiro atoms. The summed E-state index contributed by atoms with van der Waals surface area (Å²) in [6, 6.07) is 17.7. The number of benzene rings is 2. The Balaban J connectivity index is 0.000000126. The molecule has 0 aliphatic heterocycles. The van der Waals surface area contributed by atoms with Gasteiger partial charge in [-0.2, -0.15) is 0 Å². The fourth-order valence-corrected chi connectivity index (χ4v) is 3.67. The van der Waals surface area contributed by atoms with E-state index < -0.39 is 0 Å². The molecule has 2 aliphatic carbocycles. The highest BCUT2D eigenvalue weighted by Crippen LogP contribution is 2.30. The summed E-state index contributed by atoms with van der Waals surface area (Å²) in [6.07, 6.45) is 9.41. The molecule has 0 nitrogen and oxygen atoms in total. The Morgan fingerprint density at radius 1 is 0.667 bits per heavy atom. The van der Waals surface area contributed by atoms with E-state index in [1.807, 2.05) is 0 Å². The lowest BCUT2D eigenvalue weighted by Crippen LogP contribution is -2.05. The first-order valence-corrected chi connectivity index (χ1v) is 8.49. The maximum absolute atomic E-state index is 2.33. The summed E-state index contributed by atoms with van der Waals surface area (Å²) >= 11 is 0. The van der Waals surface area contributed by atoms with Gasteiger partial charge in [0, 0.05) is 0 Å². The first-order chi connectivity index (χ1) is 10.3. The first kappa shape index (κ1) is 14.4. The molecular weight excluding hydrogens is 252 g/mol. The quantitative estimate of drug-likeness (QED) is 0.580. The van der Waals surface area contributed by atoms with Gasteiger partial charge >= 0.3 is 0 Å². The average Bonchev–Trinajstić information content (AvgIpc) is 2.56. The summed E-state index contributed by atoms with van der Waals surface area (Å²) in [5.41, 5.74) is 6.31. The second kappa shape index (κ2) is 6.93. The fourth-order valence-electron chi connectivity index (χ4n) is 3.67. The van der Waals surface area contributed by atoms with Crippen LogP contribution in [0, 0.1) is 0 Å². The predicted molar refractivity (Wildman–Crippen MR) is 90.9 cm³/mol. The standard InChI is InChI=1S/C11H14.C10H12/c1-9-5-4-7-10-6-2-3-8-11(9)10;1-2-6-10-8-4-3-7-9(10)5-1/h2-3,6,8-9H,4-5,7H2,1H3;1-2,5-6H,3-4,7-8H2. The van der Waals surface area contributed by atoms with Gasteiger partial charge in [0.15, 0.2) is 0 Å². The van der Waals surface area contributed by atoms with Gasteiger partial charge in [0.1, 0.15) is 0 Å². The normalized spacial score (nSPS) is 19.8. The van der Waals surface area contributed by atoms with Crippen molar-refractivity contribution in [2.24, 2.45) is 0 Å². The Morgan fingerprint density at radius 2 is 1.19 bits per heavy atom. The van der Waals surface area contributed by atoms with E-state index in [0.29, 0.717) is 0 Å². The monoisotopic (exact) mass is 278 g/mol. The van der Waals surface area contributed by atoms with E-state index in [4.69, 9.17) is 0 Å². The molecule has 0 heteroatoms. The molecule has 21 heavy (non-hydrogen) atoms. The Kier molecular flexibility index (Phi) is 4.75. The van der Waals surface area contributed by atoms with Crippen LogP contribution in [0.3, 0.4) is 0 Å². The van der Waals surface area contributed by atoms with Crippen molar-refractivity contribution in [2.75, 3.05) is 0 Å². The van der Waals surface area contributed by atoms with Crippen molar-refractivity contribution in [2.45, 2.75) is 57.8 Å². The highest BCUT2D eigenvalue weighted by molar-refractivity contribution is 5.32. The summed E-state index contributed by atoms with van der Waals surface area (Å²) in [5.74, 6) is 0.792. The van der Waals surface area contributed by atoms with E-state index in [1.165, 1.54) is 44.9 Å². The molecule has 0 N–H and O–H groups in total. The smallest absolute Gasteiger partial charge is 0.0188 e. The van der Waals surface area contributed by atoms with Crippen LogP contribution in [-0.4, -0.2) is 0 Å². The maximum atomic E-state index is 2.33. The van der Waals surface area contributed by atoms with E-state index in [0.717, 1.165) is 5.92 Å². The molecule has 0 aromatic heterocycles. The topological polar surface area (TPSA) is 0 Å². The lowest BCUT2D eigenvalue weighted by atomic mass is 9.84. The molecule has 1 atom stereocenters. The molecule has 0 heterocycles. The zero-order valence-electron chi connectivity index (χ0n) is 13.1. The van der Waals surface area contributed by atoms with Gasteiger partial charge in [-0.05, 0) is 73.1 Å². The lowest BCUT2D eigenvalue weighted by molar-refractivity contribution is 0.590. The second-order valence-electron chi connectivity index (χ2n) is 6.47. The van der Waals surface area contributed by atoms with Crippen molar-refractivity contribution in [3.8, 4) is 0 Å². The zero-order valence-corrected chi connectivity index (χ0v) is 13.1. The molecule has 0 saturated carbocycles. The fraction of sp³-hybridized carbons (Fsp3) is 0.429. The number of rotatable bonds is 0. The Morgan fingerprint density at radius 3 is 1.81 bits per heavy atom. The number of hydrogen-bond acceptors (Lipinski definition) is 0. The van der Waals surface area contributed by atoms with Gasteiger partial charge in [-0.1, -0.05) is 55.5 Å². The molecular formula is C21H26. The van der Waals surface area contributed by atoms with Gasteiger partial charge in [-0.15, -0.1) is 0 Å². The van der Waals surface area contributed by atoms with Crippen LogP contribution in [0.2, 0.25) is 0 Å². The van der Waals surface area contributed by atoms with Crippen LogP contribution >= 0.6 is 0 Å². The molecule has 0 saturated heterocycles. The van der Waals surface area contributed by atoms with E-state index in [-0.39, 0.29) is 0 Å². The summed E-state index contributed by atoms with van der Waals surface area (Å²) in [4.78, 5) is 0. The van der Waals surface area contributed by atoms with Crippen molar-refractivity contribution in [3.63, 3.8) is 0 Å². The molecule has 2 aromatic carbocycles. The Labute approximate surface area is 129 Å². The van der Waals surface area contributed by atoms with E-state index in [2.05, 4.69) is 55.5 Å². The number of fused-ring (bicyclic) bond motifs is 2. The van der Waals surface area contributed by atoms with Gasteiger partial charge in [-0.3, -0.25) is 0 Å². The molecule has 0 radical (unpaired) electrons. The van der Waals surface area contributed by atoms with Crippen LogP contribution in [0.4, 0.5) is 0 Å². The molecule has 0 amide bonds. The van der Waals surface area contributed by atoms with E-state index in [9.17, 15) is 0 Å². The molecule has 110 valence electrons. The van der Waals surface area contributed by atoms with Crippen molar-refractivity contribution < 1.29 is 0 Å². The zero-order chi connectivity index (χ0) is 14.5. The predicted octanol–water partition coefficient (Wildman–Crippen LogP) is 5.69. The van der Waals surface area contributed by atoms with Crippen LogP contribution in [0.25, 0.3) is 0 Å². The summed E-state index contributed by atoms with van der Waals surface area (Å²) in [5, 5.41) is 0. The van der Waals surface area contributed by atoms with Gasteiger partial charge in [-0.25, -0.2) is 0 Å². The highest BCUT2D eigenvalue weighted by Gasteiger charge is 2.14. The van der Waals surface area contributed by atoms with Gasteiger partial charge in [0.25, 0.3) is 0 Å². The second-order valence-corrected chi connectivity index (χ2v) is 6.47. The average molecular weight is 278 g/mol. The minimum Gasteiger partial charge on any atom is -0.0620 e. The minimum atomic E-state index is 0.792. The third-order valence-electron chi connectivity index (χ3n) is 4.93. The van der Waals surface area contributed by atoms with Gasteiger partial charge in [0.2, 0.25) is 0 Å². The maximum Gasteiger partial charge on any atom is -0.0188 e. The summed E-state index contributed by atoms with van der Waals surface area (Å²) < 4.78 is 0. The molecule has 1 unspecified atom stereocenters. The van der Waals surface area contributed by atoms with Crippen molar-refractivity contribution >= 4 is 0 Å². The van der Waals surface area contributed by atoms with Gasteiger partial charge in [0.05, 0.1) is 0 Å². The van der Waals surface area contributed by atoms with E-state index in [1.54, 1.807) is 22.3 Å². The van der Waals surface area contributed by atoms with Crippen LogP contribution in [0.1, 0.15) is 60.8 Å². The summed E-state index contributed by atoms with van der Waals surface area (Å²) in [7, 11) is 0. The molecule has 0 fully saturated rings. The Bertz CT molecular complexity index is 557. The SMILES string of the molecule is CC1CCCc2ccccc21.c1ccc2c(c1)CCCC2. The highest BCUT2D eigenvalue weighted by atomic mass is 14.2. The van der Waals surface area contributed by atoms with Crippen LogP contribution in [0.5, 0.6) is 0 Å². The van der Waals surface area contributed by atoms with Gasteiger partial charge < -0.3 is 0 Å². The molecule has 0 bridgehead atoms. The lowest BCUT2D eigenvalue weighted by Gasteiger charge is -2.21.